The Hall–Kier alpha value is -4.45. The molecule has 4 aromatic rings. The van der Waals surface area contributed by atoms with Crippen molar-refractivity contribution in [2.45, 2.75) is 34.1 Å². The lowest BCUT2D eigenvalue weighted by Gasteiger charge is -2.23. The fraction of sp³-hybridized carbons (Fsp3) is 0.194. The third-order valence-corrected chi connectivity index (χ3v) is 6.67. The average molecular weight is 489 g/mol. The van der Waals surface area contributed by atoms with Gasteiger partial charge in [-0.15, -0.1) is 0 Å². The van der Waals surface area contributed by atoms with Crippen LogP contribution in [0.2, 0.25) is 0 Å². The van der Waals surface area contributed by atoms with Crippen LogP contribution in [-0.2, 0) is 0 Å². The van der Waals surface area contributed by atoms with Gasteiger partial charge in [-0.05, 0) is 48.8 Å². The number of rotatable bonds is 7. The number of hydrogen-bond donors (Lipinski definition) is 3. The summed E-state index contributed by atoms with van der Waals surface area (Å²) in [5.41, 5.74) is 9.51. The van der Waals surface area contributed by atoms with Crippen molar-refractivity contribution in [1.29, 1.82) is 0 Å². The standard InChI is InChI=1S/C31H32N6/c1-7-20(13-22(8-2)34-19(3)31(4,5)6)26-15-24-29(18-33-26)36-37-30(24)27-14-23-25(21-11-9-10-12-21)16-32-17-28(23)35-27/h7-9,11-18,34-35H,2-3,10H2,1,4-6H3,(H,36,37)/b20-7+,22-13+. The molecule has 0 atom stereocenters. The van der Waals surface area contributed by atoms with Crippen LogP contribution >= 0.6 is 0 Å². The number of H-pyrrole nitrogens is 2. The Balaban J connectivity index is 1.54. The summed E-state index contributed by atoms with van der Waals surface area (Å²) >= 11 is 0. The third-order valence-electron chi connectivity index (χ3n) is 6.67. The van der Waals surface area contributed by atoms with Crippen LogP contribution in [-0.4, -0.2) is 25.1 Å². The number of aromatic amines is 2. The van der Waals surface area contributed by atoms with Crippen LogP contribution in [0.3, 0.4) is 0 Å². The van der Waals surface area contributed by atoms with E-state index in [1.807, 2.05) is 37.7 Å². The average Bonchev–Trinajstić information content (AvgIpc) is 3.64. The summed E-state index contributed by atoms with van der Waals surface area (Å²) in [6.07, 6.45) is 19.0. The minimum atomic E-state index is -0.0688. The van der Waals surface area contributed by atoms with Crippen LogP contribution in [0.25, 0.3) is 44.3 Å². The normalized spacial score (nSPS) is 14.4. The molecule has 5 rings (SSSR count). The van der Waals surface area contributed by atoms with Gasteiger partial charge in [-0.1, -0.05) is 58.2 Å². The Bertz CT molecular complexity index is 1650. The Morgan fingerprint density at radius 2 is 1.95 bits per heavy atom. The first-order valence-electron chi connectivity index (χ1n) is 12.4. The maximum absolute atomic E-state index is 4.71. The van der Waals surface area contributed by atoms with Crippen LogP contribution < -0.4 is 5.32 Å². The van der Waals surface area contributed by atoms with E-state index in [2.05, 4.69) is 89.8 Å². The predicted molar refractivity (Wildman–Crippen MR) is 154 cm³/mol. The van der Waals surface area contributed by atoms with Crippen LogP contribution in [0, 0.1) is 5.41 Å². The van der Waals surface area contributed by atoms with Crippen molar-refractivity contribution in [3.05, 3.63) is 103 Å². The largest absolute Gasteiger partial charge is 0.359 e. The van der Waals surface area contributed by atoms with Crippen molar-refractivity contribution >= 4 is 33.0 Å². The van der Waals surface area contributed by atoms with Gasteiger partial charge < -0.3 is 10.3 Å². The van der Waals surface area contributed by atoms with E-state index in [-0.39, 0.29) is 5.41 Å². The van der Waals surface area contributed by atoms with Gasteiger partial charge in [0.1, 0.15) is 5.69 Å². The minimum absolute atomic E-state index is 0.0688. The number of allylic oxidation sites excluding steroid dienone is 9. The summed E-state index contributed by atoms with van der Waals surface area (Å²) in [6.45, 7) is 16.5. The van der Waals surface area contributed by atoms with E-state index in [1.165, 1.54) is 5.57 Å². The van der Waals surface area contributed by atoms with Crippen molar-refractivity contribution < 1.29 is 0 Å². The second kappa shape index (κ2) is 9.54. The minimum Gasteiger partial charge on any atom is -0.359 e. The quantitative estimate of drug-likeness (QED) is 0.236. The number of nitrogens with zero attached hydrogens (tertiary/aromatic N) is 3. The van der Waals surface area contributed by atoms with Crippen molar-refractivity contribution in [3.8, 4) is 11.4 Å². The second-order valence-corrected chi connectivity index (χ2v) is 10.2. The summed E-state index contributed by atoms with van der Waals surface area (Å²) in [5.74, 6) is 0. The van der Waals surface area contributed by atoms with Gasteiger partial charge in [0.15, 0.2) is 0 Å². The zero-order chi connectivity index (χ0) is 26.2. The Labute approximate surface area is 217 Å². The molecule has 0 saturated carbocycles. The highest BCUT2D eigenvalue weighted by Crippen LogP contribution is 2.34. The second-order valence-electron chi connectivity index (χ2n) is 10.2. The van der Waals surface area contributed by atoms with Gasteiger partial charge in [0.2, 0.25) is 0 Å². The zero-order valence-corrected chi connectivity index (χ0v) is 21.8. The maximum Gasteiger partial charge on any atom is 0.116 e. The number of hydrogen-bond acceptors (Lipinski definition) is 4. The molecule has 3 N–H and O–H groups in total. The summed E-state index contributed by atoms with van der Waals surface area (Å²) in [6, 6.07) is 4.23. The molecule has 6 nitrogen and oxygen atoms in total. The number of aromatic nitrogens is 5. The smallest absolute Gasteiger partial charge is 0.116 e. The molecule has 0 fully saturated rings. The first-order valence-corrected chi connectivity index (χ1v) is 12.4. The molecule has 4 heterocycles. The number of pyridine rings is 2. The molecule has 1 aliphatic rings. The van der Waals surface area contributed by atoms with Gasteiger partial charge in [0.25, 0.3) is 0 Å². The summed E-state index contributed by atoms with van der Waals surface area (Å²) in [4.78, 5) is 12.7. The lowest BCUT2D eigenvalue weighted by atomic mass is 9.92. The summed E-state index contributed by atoms with van der Waals surface area (Å²) < 4.78 is 0. The van der Waals surface area contributed by atoms with E-state index < -0.39 is 0 Å². The zero-order valence-electron chi connectivity index (χ0n) is 21.8. The molecule has 1 aliphatic carbocycles. The molecule has 0 radical (unpaired) electrons. The van der Waals surface area contributed by atoms with E-state index in [0.29, 0.717) is 0 Å². The van der Waals surface area contributed by atoms with Crippen molar-refractivity contribution in [2.24, 2.45) is 5.41 Å². The van der Waals surface area contributed by atoms with E-state index in [1.54, 1.807) is 6.08 Å². The van der Waals surface area contributed by atoms with Crippen LogP contribution in [0.15, 0.2) is 91.7 Å². The van der Waals surface area contributed by atoms with E-state index in [4.69, 9.17) is 4.98 Å². The van der Waals surface area contributed by atoms with E-state index >= 15 is 0 Å². The Morgan fingerprint density at radius 1 is 1.11 bits per heavy atom. The molecule has 37 heavy (non-hydrogen) atoms. The molecule has 0 aliphatic heterocycles. The van der Waals surface area contributed by atoms with Gasteiger partial charge in [-0.2, -0.15) is 5.10 Å². The number of nitrogens with one attached hydrogen (secondary N) is 3. The fourth-order valence-corrected chi connectivity index (χ4v) is 4.33. The molecule has 0 saturated heterocycles. The van der Waals surface area contributed by atoms with E-state index in [0.717, 1.165) is 67.8 Å². The monoisotopic (exact) mass is 488 g/mol. The molecule has 6 heteroatoms. The molecule has 0 aromatic carbocycles. The van der Waals surface area contributed by atoms with E-state index in [9.17, 15) is 0 Å². The van der Waals surface area contributed by atoms with Gasteiger partial charge in [0, 0.05) is 39.3 Å². The van der Waals surface area contributed by atoms with Crippen molar-refractivity contribution in [3.63, 3.8) is 0 Å². The molecule has 0 spiro atoms. The van der Waals surface area contributed by atoms with Crippen LogP contribution in [0.1, 0.15) is 45.4 Å². The van der Waals surface area contributed by atoms with Gasteiger partial charge >= 0.3 is 0 Å². The lowest BCUT2D eigenvalue weighted by molar-refractivity contribution is 0.478. The Kier molecular flexibility index (Phi) is 6.25. The molecular formula is C31H32N6. The van der Waals surface area contributed by atoms with Crippen LogP contribution in [0.4, 0.5) is 0 Å². The first-order chi connectivity index (χ1) is 17.8. The molecular weight excluding hydrogens is 456 g/mol. The summed E-state index contributed by atoms with van der Waals surface area (Å²) in [7, 11) is 0. The van der Waals surface area contributed by atoms with Crippen molar-refractivity contribution in [2.75, 3.05) is 0 Å². The predicted octanol–water partition coefficient (Wildman–Crippen LogP) is 7.47. The fourth-order valence-electron chi connectivity index (χ4n) is 4.33. The molecule has 0 unspecified atom stereocenters. The topological polar surface area (TPSA) is 82.3 Å². The highest BCUT2D eigenvalue weighted by molar-refractivity contribution is 6.00. The van der Waals surface area contributed by atoms with Gasteiger partial charge in [0.05, 0.1) is 34.8 Å². The molecule has 4 aromatic heterocycles. The van der Waals surface area contributed by atoms with Gasteiger partial charge in [-0.3, -0.25) is 15.1 Å². The van der Waals surface area contributed by atoms with Crippen molar-refractivity contribution in [1.82, 2.24) is 30.5 Å². The highest BCUT2D eigenvalue weighted by atomic mass is 15.1. The highest BCUT2D eigenvalue weighted by Gasteiger charge is 2.17. The molecule has 0 bridgehead atoms. The SMILES string of the molecule is C=C/C(=C\C(=C/C)c1cc2c(-c3cc4c(C5=CCC=C5)cncc4[nH]3)n[nH]c2cn1)NC(=C)C(C)(C)C. The lowest BCUT2D eigenvalue weighted by Crippen LogP contribution is -2.22. The maximum atomic E-state index is 4.71. The summed E-state index contributed by atoms with van der Waals surface area (Å²) in [5, 5.41) is 13.3. The third kappa shape index (κ3) is 4.70. The Morgan fingerprint density at radius 3 is 2.65 bits per heavy atom. The molecule has 186 valence electrons. The van der Waals surface area contributed by atoms with Gasteiger partial charge in [-0.25, -0.2) is 0 Å². The number of fused-ring (bicyclic) bond motifs is 2. The van der Waals surface area contributed by atoms with Crippen LogP contribution in [0.5, 0.6) is 0 Å². The first kappa shape index (κ1) is 24.3. The molecule has 0 amide bonds.